The second-order valence-electron chi connectivity index (χ2n) is 5.90. The number of hydrogen-bond acceptors (Lipinski definition) is 7. The first-order valence-electron chi connectivity index (χ1n) is 8.60. The SMILES string of the molecule is CCc1nnc(NS(=O)(=O)c2ccc(NC(=O)COc3ccc(Cl)cc3Cl)cc2)s1. The maximum Gasteiger partial charge on any atom is 0.263 e. The Morgan fingerprint density at radius 3 is 2.50 bits per heavy atom. The van der Waals surface area contributed by atoms with Gasteiger partial charge < -0.3 is 10.1 Å². The topological polar surface area (TPSA) is 110 Å². The Balaban J connectivity index is 1.58. The van der Waals surface area contributed by atoms with Crippen molar-refractivity contribution in [3.05, 3.63) is 57.5 Å². The lowest BCUT2D eigenvalue weighted by Gasteiger charge is -2.10. The average molecular weight is 487 g/mol. The van der Waals surface area contributed by atoms with Crippen LogP contribution in [0.5, 0.6) is 5.75 Å². The monoisotopic (exact) mass is 486 g/mol. The van der Waals surface area contributed by atoms with Crippen LogP contribution < -0.4 is 14.8 Å². The van der Waals surface area contributed by atoms with E-state index in [1.807, 2.05) is 6.92 Å². The first kappa shape index (κ1) is 22.3. The molecule has 0 atom stereocenters. The van der Waals surface area contributed by atoms with Crippen LogP contribution >= 0.6 is 34.5 Å². The molecule has 8 nitrogen and oxygen atoms in total. The average Bonchev–Trinajstić information content (AvgIpc) is 3.14. The molecule has 1 aromatic heterocycles. The van der Waals surface area contributed by atoms with E-state index in [0.717, 1.165) is 5.01 Å². The fourth-order valence-electron chi connectivity index (χ4n) is 2.26. The van der Waals surface area contributed by atoms with Crippen LogP contribution in [0.15, 0.2) is 47.4 Å². The first-order chi connectivity index (χ1) is 14.3. The molecule has 0 saturated carbocycles. The second-order valence-corrected chi connectivity index (χ2v) is 9.48. The van der Waals surface area contributed by atoms with Crippen molar-refractivity contribution in [3.63, 3.8) is 0 Å². The Hall–Kier alpha value is -2.40. The summed E-state index contributed by atoms with van der Waals surface area (Å²) in [4.78, 5) is 12.1. The molecule has 3 rings (SSSR count). The molecule has 0 saturated heterocycles. The summed E-state index contributed by atoms with van der Waals surface area (Å²) in [5, 5.41) is 12.0. The zero-order chi connectivity index (χ0) is 21.7. The molecule has 158 valence electrons. The maximum atomic E-state index is 12.4. The molecule has 0 aliphatic heterocycles. The van der Waals surface area contributed by atoms with Gasteiger partial charge in [-0.15, -0.1) is 10.2 Å². The molecular formula is C18H16Cl2N4O4S2. The Morgan fingerprint density at radius 1 is 1.13 bits per heavy atom. The molecule has 3 aromatic rings. The van der Waals surface area contributed by atoms with E-state index in [1.54, 1.807) is 12.1 Å². The first-order valence-corrected chi connectivity index (χ1v) is 11.7. The Morgan fingerprint density at radius 2 is 1.87 bits per heavy atom. The molecule has 0 aliphatic carbocycles. The van der Waals surface area contributed by atoms with Crippen LogP contribution in [0, 0.1) is 0 Å². The molecule has 12 heteroatoms. The van der Waals surface area contributed by atoms with Crippen LogP contribution in [0.1, 0.15) is 11.9 Å². The number of benzene rings is 2. The molecule has 1 amide bonds. The number of aromatic nitrogens is 2. The molecule has 0 spiro atoms. The van der Waals surface area contributed by atoms with E-state index in [0.29, 0.717) is 27.9 Å². The molecule has 0 unspecified atom stereocenters. The number of nitrogens with zero attached hydrogens (tertiary/aromatic N) is 2. The van der Waals surface area contributed by atoms with Crippen LogP contribution in [0.25, 0.3) is 0 Å². The van der Waals surface area contributed by atoms with Gasteiger partial charge in [-0.25, -0.2) is 8.42 Å². The molecule has 2 aromatic carbocycles. The molecular weight excluding hydrogens is 471 g/mol. The van der Waals surface area contributed by atoms with E-state index in [9.17, 15) is 13.2 Å². The van der Waals surface area contributed by atoms with Crippen molar-refractivity contribution in [2.24, 2.45) is 0 Å². The third-order valence-electron chi connectivity index (χ3n) is 3.69. The fourth-order valence-corrected chi connectivity index (χ4v) is 4.63. The van der Waals surface area contributed by atoms with Crippen LogP contribution in [-0.2, 0) is 21.2 Å². The van der Waals surface area contributed by atoms with Crippen molar-refractivity contribution >= 4 is 61.3 Å². The third-order valence-corrected chi connectivity index (χ3v) is 6.69. The highest BCUT2D eigenvalue weighted by Crippen LogP contribution is 2.27. The van der Waals surface area contributed by atoms with Crippen molar-refractivity contribution in [2.45, 2.75) is 18.2 Å². The van der Waals surface area contributed by atoms with Gasteiger partial charge in [0.1, 0.15) is 10.8 Å². The number of halogens is 2. The van der Waals surface area contributed by atoms with Gasteiger partial charge in [-0.3, -0.25) is 9.52 Å². The molecule has 1 heterocycles. The normalized spacial score (nSPS) is 11.2. The summed E-state index contributed by atoms with van der Waals surface area (Å²) >= 11 is 13.0. The summed E-state index contributed by atoms with van der Waals surface area (Å²) in [7, 11) is -3.81. The van der Waals surface area contributed by atoms with Gasteiger partial charge in [-0.2, -0.15) is 0 Å². The highest BCUT2D eigenvalue weighted by molar-refractivity contribution is 7.93. The van der Waals surface area contributed by atoms with Crippen molar-refractivity contribution in [1.82, 2.24) is 10.2 Å². The number of hydrogen-bond donors (Lipinski definition) is 2. The minimum atomic E-state index is -3.81. The van der Waals surface area contributed by atoms with Gasteiger partial charge in [0.15, 0.2) is 6.61 Å². The van der Waals surface area contributed by atoms with Gasteiger partial charge in [0.05, 0.1) is 9.92 Å². The van der Waals surface area contributed by atoms with Gasteiger partial charge in [0.25, 0.3) is 15.9 Å². The number of rotatable bonds is 8. The number of anilines is 2. The number of nitrogens with one attached hydrogen (secondary N) is 2. The van der Waals surface area contributed by atoms with Crippen LogP contribution in [0.4, 0.5) is 10.8 Å². The van der Waals surface area contributed by atoms with Gasteiger partial charge in [0.2, 0.25) is 5.13 Å². The third kappa shape index (κ3) is 5.82. The van der Waals surface area contributed by atoms with E-state index in [2.05, 4.69) is 20.2 Å². The number of ether oxygens (including phenoxy) is 1. The Kier molecular flexibility index (Phi) is 7.14. The lowest BCUT2D eigenvalue weighted by Crippen LogP contribution is -2.20. The predicted molar refractivity (Wildman–Crippen MR) is 117 cm³/mol. The maximum absolute atomic E-state index is 12.4. The van der Waals surface area contributed by atoms with E-state index in [1.165, 1.54) is 41.7 Å². The van der Waals surface area contributed by atoms with Gasteiger partial charge in [-0.1, -0.05) is 41.5 Å². The van der Waals surface area contributed by atoms with Crippen molar-refractivity contribution in [3.8, 4) is 5.75 Å². The summed E-state index contributed by atoms with van der Waals surface area (Å²) in [6.07, 6.45) is 0.668. The molecule has 0 fully saturated rings. The number of carbonyl (C=O) groups is 1. The van der Waals surface area contributed by atoms with E-state index in [4.69, 9.17) is 27.9 Å². The summed E-state index contributed by atoms with van der Waals surface area (Å²) in [5.74, 6) is -0.109. The molecule has 0 aliphatic rings. The highest BCUT2D eigenvalue weighted by Gasteiger charge is 2.17. The van der Waals surface area contributed by atoms with Crippen molar-refractivity contribution in [2.75, 3.05) is 16.6 Å². The van der Waals surface area contributed by atoms with Crippen LogP contribution in [-0.4, -0.2) is 31.1 Å². The lowest BCUT2D eigenvalue weighted by atomic mass is 10.3. The summed E-state index contributed by atoms with van der Waals surface area (Å²) in [5.41, 5.74) is 0.411. The second kappa shape index (κ2) is 9.61. The molecule has 0 radical (unpaired) electrons. The quantitative estimate of drug-likeness (QED) is 0.492. The predicted octanol–water partition coefficient (Wildman–Crippen LogP) is 4.23. The van der Waals surface area contributed by atoms with E-state index in [-0.39, 0.29) is 16.6 Å². The Labute approximate surface area is 187 Å². The summed E-state index contributed by atoms with van der Waals surface area (Å²) < 4.78 is 32.6. The van der Waals surface area contributed by atoms with Crippen molar-refractivity contribution in [1.29, 1.82) is 0 Å². The number of amides is 1. The Bertz CT molecular complexity index is 1150. The van der Waals surface area contributed by atoms with Crippen LogP contribution in [0.2, 0.25) is 10.0 Å². The van der Waals surface area contributed by atoms with Gasteiger partial charge in [-0.05, 0) is 48.9 Å². The van der Waals surface area contributed by atoms with Gasteiger partial charge >= 0.3 is 0 Å². The zero-order valence-corrected chi connectivity index (χ0v) is 18.7. The molecule has 2 N–H and O–H groups in total. The van der Waals surface area contributed by atoms with E-state index < -0.39 is 15.9 Å². The minimum absolute atomic E-state index is 0.0259. The van der Waals surface area contributed by atoms with Crippen LogP contribution in [0.3, 0.4) is 0 Å². The van der Waals surface area contributed by atoms with Gasteiger partial charge in [0, 0.05) is 10.7 Å². The summed E-state index contributed by atoms with van der Waals surface area (Å²) in [6.45, 7) is 1.63. The number of aryl methyl sites for hydroxylation is 1. The smallest absolute Gasteiger partial charge is 0.263 e. The zero-order valence-electron chi connectivity index (χ0n) is 15.6. The number of sulfonamides is 1. The summed E-state index contributed by atoms with van der Waals surface area (Å²) in [6, 6.07) is 10.4. The minimum Gasteiger partial charge on any atom is -0.482 e. The number of carbonyl (C=O) groups excluding carboxylic acids is 1. The van der Waals surface area contributed by atoms with Crippen molar-refractivity contribution < 1.29 is 17.9 Å². The van der Waals surface area contributed by atoms with E-state index >= 15 is 0 Å². The fraction of sp³-hybridized carbons (Fsp3) is 0.167. The lowest BCUT2D eigenvalue weighted by molar-refractivity contribution is -0.118. The molecule has 0 bridgehead atoms. The standard InChI is InChI=1S/C18H16Cl2N4O4S2/c1-2-17-22-23-18(29-17)24-30(26,27)13-6-4-12(5-7-13)21-16(25)10-28-15-8-3-11(19)9-14(15)20/h3-9H,2,10H2,1H3,(H,21,25)(H,23,24). The highest BCUT2D eigenvalue weighted by atomic mass is 35.5. The molecule has 30 heavy (non-hydrogen) atoms. The largest absolute Gasteiger partial charge is 0.482 e.